The smallest absolute Gasteiger partial charge is 0.165 e. The van der Waals surface area contributed by atoms with Crippen molar-refractivity contribution in [2.75, 3.05) is 20.2 Å². The molecule has 1 N–H and O–H groups in total. The first kappa shape index (κ1) is 14.4. The van der Waals surface area contributed by atoms with Crippen molar-refractivity contribution in [2.45, 2.75) is 19.3 Å². The highest BCUT2D eigenvalue weighted by Gasteiger charge is 2.25. The van der Waals surface area contributed by atoms with Crippen molar-refractivity contribution in [2.24, 2.45) is 0 Å². The normalized spacial score (nSPS) is 11.1. The molecule has 0 saturated carbocycles. The fraction of sp³-hybridized carbons (Fsp3) is 0.462. The number of benzene rings is 1. The van der Waals surface area contributed by atoms with E-state index in [1.165, 1.54) is 7.11 Å². The molecule has 0 aliphatic carbocycles. The number of hydrogen-bond acceptors (Lipinski definition) is 3. The first-order chi connectivity index (χ1) is 8.42. The van der Waals surface area contributed by atoms with Gasteiger partial charge in [-0.15, -0.1) is 0 Å². The molecular formula is C13H16F2N2O. The zero-order valence-electron chi connectivity index (χ0n) is 10.7. The topological polar surface area (TPSA) is 45.0 Å². The molecule has 0 amide bonds. The van der Waals surface area contributed by atoms with E-state index in [1.54, 1.807) is 13.8 Å². The molecule has 0 saturated heterocycles. The van der Waals surface area contributed by atoms with Crippen molar-refractivity contribution in [3.05, 3.63) is 29.3 Å². The summed E-state index contributed by atoms with van der Waals surface area (Å²) in [6, 6.07) is 4.12. The van der Waals surface area contributed by atoms with Crippen LogP contribution in [0, 0.1) is 23.0 Å². The van der Waals surface area contributed by atoms with Crippen molar-refractivity contribution in [3.8, 4) is 11.8 Å². The monoisotopic (exact) mass is 254 g/mol. The Hall–Kier alpha value is -1.67. The van der Waals surface area contributed by atoms with Gasteiger partial charge in [-0.05, 0) is 11.6 Å². The van der Waals surface area contributed by atoms with Crippen LogP contribution in [0.4, 0.5) is 8.78 Å². The van der Waals surface area contributed by atoms with Crippen molar-refractivity contribution in [1.82, 2.24) is 5.32 Å². The third kappa shape index (κ3) is 3.17. The minimum Gasteiger partial charge on any atom is -0.494 e. The molecule has 0 radical (unpaired) electrons. The summed E-state index contributed by atoms with van der Waals surface area (Å²) in [4.78, 5) is 0. The molecule has 1 aromatic carbocycles. The minimum absolute atomic E-state index is 0.114. The maximum Gasteiger partial charge on any atom is 0.165 e. The summed E-state index contributed by atoms with van der Waals surface area (Å²) in [6.07, 6.45) is 0. The Morgan fingerprint density at radius 1 is 1.33 bits per heavy atom. The van der Waals surface area contributed by atoms with Crippen molar-refractivity contribution >= 4 is 0 Å². The van der Waals surface area contributed by atoms with E-state index in [9.17, 15) is 8.78 Å². The molecule has 1 aromatic rings. The van der Waals surface area contributed by atoms with E-state index in [-0.39, 0.29) is 17.9 Å². The molecule has 0 bridgehead atoms. The first-order valence-corrected chi connectivity index (χ1v) is 5.53. The second-order valence-corrected chi connectivity index (χ2v) is 4.61. The van der Waals surface area contributed by atoms with E-state index in [2.05, 4.69) is 5.32 Å². The summed E-state index contributed by atoms with van der Waals surface area (Å²) in [7, 11) is 1.29. The maximum atomic E-state index is 13.9. The third-order valence-electron chi connectivity index (χ3n) is 2.74. The second kappa shape index (κ2) is 5.78. The Bertz CT molecular complexity index is 467. The van der Waals surface area contributed by atoms with Crippen LogP contribution in [0.15, 0.2) is 12.1 Å². The van der Waals surface area contributed by atoms with Crippen LogP contribution in [0.1, 0.15) is 19.4 Å². The molecule has 0 atom stereocenters. The van der Waals surface area contributed by atoms with E-state index in [4.69, 9.17) is 10.00 Å². The van der Waals surface area contributed by atoms with Crippen molar-refractivity contribution in [3.63, 3.8) is 0 Å². The Labute approximate surface area is 105 Å². The summed E-state index contributed by atoms with van der Waals surface area (Å²) in [5.41, 5.74) is -0.361. The van der Waals surface area contributed by atoms with Gasteiger partial charge in [-0.2, -0.15) is 5.26 Å². The van der Waals surface area contributed by atoms with E-state index in [0.29, 0.717) is 6.54 Å². The predicted molar refractivity (Wildman–Crippen MR) is 64.4 cm³/mol. The Morgan fingerprint density at radius 3 is 2.56 bits per heavy atom. The maximum absolute atomic E-state index is 13.9. The summed E-state index contributed by atoms with van der Waals surface area (Å²) < 4.78 is 32.2. The molecule has 0 aliphatic rings. The molecule has 0 spiro atoms. The molecule has 0 aromatic heterocycles. The fourth-order valence-corrected chi connectivity index (χ4v) is 1.73. The largest absolute Gasteiger partial charge is 0.494 e. The third-order valence-corrected chi connectivity index (χ3v) is 2.74. The highest BCUT2D eigenvalue weighted by atomic mass is 19.1. The molecule has 0 unspecified atom stereocenters. The zero-order chi connectivity index (χ0) is 13.8. The average molecular weight is 254 g/mol. The number of rotatable bonds is 5. The van der Waals surface area contributed by atoms with Crippen LogP contribution in [0.5, 0.6) is 5.75 Å². The summed E-state index contributed by atoms with van der Waals surface area (Å²) >= 11 is 0. The highest BCUT2D eigenvalue weighted by molar-refractivity contribution is 5.35. The first-order valence-electron chi connectivity index (χ1n) is 5.53. The van der Waals surface area contributed by atoms with Gasteiger partial charge in [0.2, 0.25) is 0 Å². The van der Waals surface area contributed by atoms with Gasteiger partial charge >= 0.3 is 0 Å². The Balaban J connectivity index is 3.01. The van der Waals surface area contributed by atoms with Crippen molar-refractivity contribution in [1.29, 1.82) is 5.26 Å². The van der Waals surface area contributed by atoms with Crippen LogP contribution in [0.25, 0.3) is 0 Å². The summed E-state index contributed by atoms with van der Waals surface area (Å²) in [5.74, 6) is -1.23. The molecule has 0 fully saturated rings. The fourth-order valence-electron chi connectivity index (χ4n) is 1.73. The van der Waals surface area contributed by atoms with Gasteiger partial charge in [-0.3, -0.25) is 0 Å². The number of nitrogens with one attached hydrogen (secondary N) is 1. The molecule has 1 rings (SSSR count). The summed E-state index contributed by atoms with van der Waals surface area (Å²) in [5, 5.41) is 11.3. The lowest BCUT2D eigenvalue weighted by molar-refractivity contribution is 0.377. The molecule has 0 heterocycles. The van der Waals surface area contributed by atoms with E-state index >= 15 is 0 Å². The Morgan fingerprint density at radius 2 is 2.00 bits per heavy atom. The molecule has 3 nitrogen and oxygen atoms in total. The lowest BCUT2D eigenvalue weighted by Crippen LogP contribution is -2.34. The van der Waals surface area contributed by atoms with E-state index in [0.717, 1.165) is 12.1 Å². The van der Waals surface area contributed by atoms with Gasteiger partial charge in [-0.1, -0.05) is 13.8 Å². The molecule has 0 aliphatic heterocycles. The number of methoxy groups -OCH3 is 1. The molecular weight excluding hydrogens is 238 g/mol. The van der Waals surface area contributed by atoms with Gasteiger partial charge < -0.3 is 10.1 Å². The number of nitriles is 1. The van der Waals surface area contributed by atoms with Gasteiger partial charge in [0.15, 0.2) is 11.6 Å². The van der Waals surface area contributed by atoms with Gasteiger partial charge in [-0.25, -0.2) is 8.78 Å². The van der Waals surface area contributed by atoms with Crippen LogP contribution in [-0.4, -0.2) is 20.2 Å². The van der Waals surface area contributed by atoms with Crippen LogP contribution >= 0.6 is 0 Å². The quantitative estimate of drug-likeness (QED) is 0.648. The van der Waals surface area contributed by atoms with Crippen LogP contribution < -0.4 is 10.1 Å². The van der Waals surface area contributed by atoms with Crippen LogP contribution in [-0.2, 0) is 5.41 Å². The zero-order valence-corrected chi connectivity index (χ0v) is 10.7. The van der Waals surface area contributed by atoms with Crippen LogP contribution in [0.2, 0.25) is 0 Å². The highest BCUT2D eigenvalue weighted by Crippen LogP contribution is 2.30. The Kier molecular flexibility index (Phi) is 4.62. The van der Waals surface area contributed by atoms with Gasteiger partial charge in [0.1, 0.15) is 5.82 Å². The van der Waals surface area contributed by atoms with Gasteiger partial charge in [0.05, 0.1) is 19.7 Å². The van der Waals surface area contributed by atoms with Gasteiger partial charge in [0.25, 0.3) is 0 Å². The summed E-state index contributed by atoms with van der Waals surface area (Å²) in [6.45, 7) is 4.11. The number of hydrogen-bond donors (Lipinski definition) is 1. The van der Waals surface area contributed by atoms with E-state index < -0.39 is 17.0 Å². The lowest BCUT2D eigenvalue weighted by atomic mass is 9.84. The molecule has 5 heteroatoms. The lowest BCUT2D eigenvalue weighted by Gasteiger charge is -2.26. The number of ether oxygens (including phenoxy) is 1. The van der Waals surface area contributed by atoms with Gasteiger partial charge in [0, 0.05) is 18.0 Å². The SMILES string of the molecule is COc1cc(F)c(C(C)(C)CNCC#N)cc1F. The van der Waals surface area contributed by atoms with Crippen molar-refractivity contribution < 1.29 is 13.5 Å². The molecule has 18 heavy (non-hydrogen) atoms. The number of nitrogens with zero attached hydrogens (tertiary/aromatic N) is 1. The molecule has 98 valence electrons. The standard InChI is InChI=1S/C13H16F2N2O/c1-13(2,8-17-5-4-16)9-6-11(15)12(18-3)7-10(9)14/h6-7,17H,5,8H2,1-3H3. The van der Waals surface area contributed by atoms with E-state index in [1.807, 2.05) is 6.07 Å². The predicted octanol–water partition coefficient (Wildman–Crippen LogP) is 2.36. The minimum atomic E-state index is -0.617. The second-order valence-electron chi connectivity index (χ2n) is 4.61. The van der Waals surface area contributed by atoms with Crippen LogP contribution in [0.3, 0.4) is 0 Å². The number of halogens is 2. The average Bonchev–Trinajstić information content (AvgIpc) is 2.31.